The zero-order valence-electron chi connectivity index (χ0n) is 7.25. The molecule has 12 heavy (non-hydrogen) atoms. The van der Waals surface area contributed by atoms with Crippen LogP contribution >= 0.6 is 0 Å². The molecule has 0 unspecified atom stereocenters. The SMILES string of the molecule is C=C(C)C(=O)[O-].CCC(=O)[O-].[Mg+2]. The Bertz CT molecular complexity index is 153. The van der Waals surface area contributed by atoms with Gasteiger partial charge in [0.1, 0.15) is 0 Å². The average molecular weight is 182 g/mol. The van der Waals surface area contributed by atoms with Gasteiger partial charge in [0.2, 0.25) is 0 Å². The van der Waals surface area contributed by atoms with Gasteiger partial charge in [0, 0.05) is 5.97 Å². The molecule has 0 bridgehead atoms. The topological polar surface area (TPSA) is 80.3 Å². The molecule has 0 spiro atoms. The Morgan fingerprint density at radius 1 is 1.33 bits per heavy atom. The molecule has 0 fully saturated rings. The minimum absolute atomic E-state index is 0. The maximum absolute atomic E-state index is 9.49. The summed E-state index contributed by atoms with van der Waals surface area (Å²) in [5.41, 5.74) is 0.0648. The van der Waals surface area contributed by atoms with Crippen molar-refractivity contribution in [2.75, 3.05) is 0 Å². The van der Waals surface area contributed by atoms with E-state index in [0.717, 1.165) is 0 Å². The number of rotatable bonds is 2. The average Bonchev–Trinajstić information content (AvgIpc) is 1.89. The predicted octanol–water partition coefficient (Wildman–Crippen LogP) is -1.92. The van der Waals surface area contributed by atoms with Gasteiger partial charge in [0.15, 0.2) is 0 Å². The first-order chi connectivity index (χ1) is 4.91. The Balaban J connectivity index is -0.000000126. The van der Waals surface area contributed by atoms with Crippen LogP contribution in [-0.4, -0.2) is 35.0 Å². The predicted molar refractivity (Wildman–Crippen MR) is 40.9 cm³/mol. The molecule has 0 saturated carbocycles. The van der Waals surface area contributed by atoms with E-state index in [4.69, 9.17) is 0 Å². The number of carboxylic acid groups (broad SMARTS) is 2. The van der Waals surface area contributed by atoms with Crippen LogP contribution in [0.25, 0.3) is 0 Å². The van der Waals surface area contributed by atoms with Crippen molar-refractivity contribution in [3.05, 3.63) is 12.2 Å². The van der Waals surface area contributed by atoms with Crippen LogP contribution < -0.4 is 10.2 Å². The third kappa shape index (κ3) is 22.7. The number of carboxylic acids is 2. The monoisotopic (exact) mass is 182 g/mol. The van der Waals surface area contributed by atoms with Crippen LogP contribution in [0, 0.1) is 0 Å². The zero-order chi connectivity index (χ0) is 9.44. The summed E-state index contributed by atoms with van der Waals surface area (Å²) in [4.78, 5) is 18.7. The smallest absolute Gasteiger partial charge is 0.550 e. The Hall–Kier alpha value is -0.554. The first kappa shape index (κ1) is 17.5. The molecule has 0 radical (unpaired) electrons. The van der Waals surface area contributed by atoms with Gasteiger partial charge in [-0.3, -0.25) is 0 Å². The van der Waals surface area contributed by atoms with Gasteiger partial charge in [-0.25, -0.2) is 0 Å². The maximum atomic E-state index is 9.49. The van der Waals surface area contributed by atoms with E-state index in [-0.39, 0.29) is 35.0 Å². The molecule has 0 aliphatic rings. The second-order valence-corrected chi connectivity index (χ2v) is 1.79. The van der Waals surface area contributed by atoms with E-state index in [9.17, 15) is 19.8 Å². The van der Waals surface area contributed by atoms with Crippen LogP contribution in [0.4, 0.5) is 0 Å². The second kappa shape index (κ2) is 10.4. The first-order valence-electron chi connectivity index (χ1n) is 2.98. The number of carbonyl (C=O) groups is 2. The van der Waals surface area contributed by atoms with Crippen LogP contribution in [-0.2, 0) is 9.59 Å². The van der Waals surface area contributed by atoms with E-state index in [1.165, 1.54) is 13.8 Å². The van der Waals surface area contributed by atoms with Crippen molar-refractivity contribution in [2.24, 2.45) is 0 Å². The molecule has 5 heteroatoms. The van der Waals surface area contributed by atoms with Crippen molar-refractivity contribution >= 4 is 35.0 Å². The van der Waals surface area contributed by atoms with Gasteiger partial charge in [0.05, 0.1) is 5.97 Å². The largest absolute Gasteiger partial charge is 2.00 e. The number of hydrogen-bond acceptors (Lipinski definition) is 4. The van der Waals surface area contributed by atoms with E-state index in [1.54, 1.807) is 0 Å². The fourth-order valence-corrected chi connectivity index (χ4v) is 0. The Morgan fingerprint density at radius 3 is 1.50 bits per heavy atom. The molecule has 0 heterocycles. The number of carbonyl (C=O) groups excluding carboxylic acids is 2. The summed E-state index contributed by atoms with van der Waals surface area (Å²) in [5, 5.41) is 18.7. The third-order valence-corrected chi connectivity index (χ3v) is 0.637. The minimum atomic E-state index is -1.19. The number of aliphatic carboxylic acids is 2. The van der Waals surface area contributed by atoms with Crippen LogP contribution in [0.1, 0.15) is 20.3 Å². The molecule has 0 aliphatic carbocycles. The van der Waals surface area contributed by atoms with Crippen molar-refractivity contribution in [3.63, 3.8) is 0 Å². The van der Waals surface area contributed by atoms with Crippen molar-refractivity contribution in [1.82, 2.24) is 0 Å². The van der Waals surface area contributed by atoms with Crippen molar-refractivity contribution in [3.8, 4) is 0 Å². The van der Waals surface area contributed by atoms with Gasteiger partial charge in [-0.1, -0.05) is 13.5 Å². The van der Waals surface area contributed by atoms with Crippen LogP contribution in [0.15, 0.2) is 12.2 Å². The summed E-state index contributed by atoms with van der Waals surface area (Å²) >= 11 is 0. The number of hydrogen-bond donors (Lipinski definition) is 0. The molecule has 0 rings (SSSR count). The van der Waals surface area contributed by atoms with Crippen LogP contribution in [0.2, 0.25) is 0 Å². The standard InChI is InChI=1S/C4H6O2.C3H6O2.Mg/c1-3(2)4(5)6;1-2-3(4)5;/h1H2,2H3,(H,5,6);2H2,1H3,(H,4,5);/q;;+2/p-2. The molecule has 0 aromatic rings. The fraction of sp³-hybridized carbons (Fsp3) is 0.429. The Morgan fingerprint density at radius 2 is 1.50 bits per heavy atom. The summed E-state index contributed by atoms with van der Waals surface area (Å²) in [6.45, 7) is 6.01. The van der Waals surface area contributed by atoms with Gasteiger partial charge in [-0.15, -0.1) is 0 Å². The van der Waals surface area contributed by atoms with Gasteiger partial charge in [0.25, 0.3) is 0 Å². The molecule has 0 atom stereocenters. The van der Waals surface area contributed by atoms with Gasteiger partial charge in [-0.05, 0) is 18.9 Å². The van der Waals surface area contributed by atoms with Gasteiger partial charge in [-0.2, -0.15) is 0 Å². The summed E-state index contributed by atoms with van der Waals surface area (Å²) in [6, 6.07) is 0. The van der Waals surface area contributed by atoms with Crippen molar-refractivity contribution in [2.45, 2.75) is 20.3 Å². The molecule has 0 N–H and O–H groups in total. The molecular formula is C7H10MgO4. The third-order valence-electron chi connectivity index (χ3n) is 0.637. The summed E-state index contributed by atoms with van der Waals surface area (Å²) in [7, 11) is 0. The summed E-state index contributed by atoms with van der Waals surface area (Å²) in [6.07, 6.45) is 0.111. The summed E-state index contributed by atoms with van der Waals surface area (Å²) in [5.74, 6) is -2.18. The van der Waals surface area contributed by atoms with Crippen LogP contribution in [0.3, 0.4) is 0 Å². The quantitative estimate of drug-likeness (QED) is 0.368. The second-order valence-electron chi connectivity index (χ2n) is 1.79. The van der Waals surface area contributed by atoms with E-state index in [1.807, 2.05) is 0 Å². The van der Waals surface area contributed by atoms with E-state index >= 15 is 0 Å². The van der Waals surface area contributed by atoms with E-state index in [2.05, 4.69) is 6.58 Å². The normalized spacial score (nSPS) is 6.83. The van der Waals surface area contributed by atoms with Crippen molar-refractivity contribution in [1.29, 1.82) is 0 Å². The van der Waals surface area contributed by atoms with Gasteiger partial charge < -0.3 is 19.8 Å². The minimum Gasteiger partial charge on any atom is -0.550 e. The van der Waals surface area contributed by atoms with E-state index in [0.29, 0.717) is 0 Å². The molecule has 64 valence electrons. The molecule has 4 nitrogen and oxygen atoms in total. The Labute approximate surface area is 87.4 Å². The molecule has 0 amide bonds. The molecule has 0 aromatic carbocycles. The fourth-order valence-electron chi connectivity index (χ4n) is 0. The molecular weight excluding hydrogens is 172 g/mol. The van der Waals surface area contributed by atoms with Crippen molar-refractivity contribution < 1.29 is 19.8 Å². The summed E-state index contributed by atoms with van der Waals surface area (Å²) < 4.78 is 0. The van der Waals surface area contributed by atoms with Gasteiger partial charge >= 0.3 is 23.1 Å². The molecule has 0 aromatic heterocycles. The van der Waals surface area contributed by atoms with E-state index < -0.39 is 11.9 Å². The molecule has 0 saturated heterocycles. The maximum Gasteiger partial charge on any atom is 2.00 e. The Kier molecular flexibility index (Phi) is 15.2. The first-order valence-corrected chi connectivity index (χ1v) is 2.98. The zero-order valence-corrected chi connectivity index (χ0v) is 8.67. The van der Waals surface area contributed by atoms with Crippen LogP contribution in [0.5, 0.6) is 0 Å². The molecule has 0 aliphatic heterocycles.